The van der Waals surface area contributed by atoms with Gasteiger partial charge < -0.3 is 29.7 Å². The fourth-order valence-corrected chi connectivity index (χ4v) is 6.97. The van der Waals surface area contributed by atoms with Gasteiger partial charge in [-0.15, -0.1) is 0 Å². The van der Waals surface area contributed by atoms with Crippen LogP contribution in [0.15, 0.2) is 48.9 Å². The standard InChI is InChI=1S/C28H30N9O3P/c1-37-21(9-11-32-37)16-4-5-19(24-23(16)39-14-15-40-24)34-28-35-26-17(8-10-31-26)27(36-28)33-20-7-6-18-22(30-13-12-29-18)25(20)41(2,3)38/h4-8,10,12-13,21,32H,9,11,14-15H2,1-3H3,(H3,31,33,34,35,36). The highest BCUT2D eigenvalue weighted by Gasteiger charge is 2.30. The number of rotatable bonds is 6. The number of anilines is 4. The van der Waals surface area contributed by atoms with E-state index in [1.807, 2.05) is 37.5 Å². The highest BCUT2D eigenvalue weighted by atomic mass is 31.2. The Kier molecular flexibility index (Phi) is 6.26. The highest BCUT2D eigenvalue weighted by Crippen LogP contribution is 2.46. The third kappa shape index (κ3) is 4.63. The van der Waals surface area contributed by atoms with Gasteiger partial charge in [0, 0.05) is 37.7 Å². The number of aromatic amines is 1. The first-order chi connectivity index (χ1) is 19.9. The van der Waals surface area contributed by atoms with Crippen molar-refractivity contribution in [1.29, 1.82) is 0 Å². The van der Waals surface area contributed by atoms with Crippen molar-refractivity contribution in [3.8, 4) is 11.5 Å². The van der Waals surface area contributed by atoms with Crippen LogP contribution in [0.3, 0.4) is 0 Å². The predicted octanol–water partition coefficient (Wildman–Crippen LogP) is 4.29. The minimum absolute atomic E-state index is 0.191. The Bertz CT molecular complexity index is 1840. The number of hydrogen-bond acceptors (Lipinski definition) is 11. The number of hydrazine groups is 1. The minimum atomic E-state index is -2.75. The summed E-state index contributed by atoms with van der Waals surface area (Å²) >= 11 is 0. The van der Waals surface area contributed by atoms with Crippen LogP contribution in [-0.2, 0) is 4.57 Å². The molecule has 0 radical (unpaired) electrons. The zero-order chi connectivity index (χ0) is 28.1. The van der Waals surface area contributed by atoms with E-state index in [0.717, 1.165) is 29.7 Å². The average molecular weight is 572 g/mol. The van der Waals surface area contributed by atoms with Crippen LogP contribution in [0.4, 0.5) is 23.1 Å². The Morgan fingerprint density at radius 1 is 0.976 bits per heavy atom. The molecule has 0 bridgehead atoms. The van der Waals surface area contributed by atoms with Crippen LogP contribution in [-0.4, -0.2) is 70.1 Å². The lowest BCUT2D eigenvalue weighted by molar-refractivity contribution is 0.164. The van der Waals surface area contributed by atoms with E-state index in [1.165, 1.54) is 0 Å². The lowest BCUT2D eigenvalue weighted by Crippen LogP contribution is -2.29. The zero-order valence-electron chi connectivity index (χ0n) is 22.9. The van der Waals surface area contributed by atoms with E-state index in [0.29, 0.717) is 64.1 Å². The molecule has 1 unspecified atom stereocenters. The van der Waals surface area contributed by atoms with Gasteiger partial charge in [-0.25, -0.2) is 5.01 Å². The first-order valence-electron chi connectivity index (χ1n) is 13.4. The molecule has 13 heteroatoms. The van der Waals surface area contributed by atoms with Gasteiger partial charge in [-0.3, -0.25) is 15.4 Å². The van der Waals surface area contributed by atoms with Crippen LogP contribution in [0.25, 0.3) is 22.1 Å². The third-order valence-electron chi connectivity index (χ3n) is 7.39. The maximum absolute atomic E-state index is 13.5. The summed E-state index contributed by atoms with van der Waals surface area (Å²) in [5, 5.41) is 10.3. The van der Waals surface area contributed by atoms with Gasteiger partial charge in [0.2, 0.25) is 5.95 Å². The van der Waals surface area contributed by atoms with Crippen molar-refractivity contribution < 1.29 is 14.0 Å². The molecule has 4 N–H and O–H groups in total. The molecule has 0 saturated carbocycles. The summed E-state index contributed by atoms with van der Waals surface area (Å²) in [5.74, 6) is 2.30. The topological polar surface area (TPSA) is 142 Å². The van der Waals surface area contributed by atoms with Crippen LogP contribution in [0.5, 0.6) is 11.5 Å². The van der Waals surface area contributed by atoms with E-state index < -0.39 is 7.14 Å². The van der Waals surface area contributed by atoms with Gasteiger partial charge in [-0.05, 0) is 44.0 Å². The first kappa shape index (κ1) is 25.7. The molecule has 1 atom stereocenters. The van der Waals surface area contributed by atoms with Crippen molar-refractivity contribution in [1.82, 2.24) is 35.4 Å². The fourth-order valence-electron chi connectivity index (χ4n) is 5.57. The normalized spacial score (nSPS) is 17.3. The smallest absolute Gasteiger partial charge is 0.231 e. The van der Waals surface area contributed by atoms with Crippen molar-refractivity contribution in [3.63, 3.8) is 0 Å². The zero-order valence-corrected chi connectivity index (χ0v) is 23.8. The first-order valence-corrected chi connectivity index (χ1v) is 16.0. The Morgan fingerprint density at radius 3 is 2.59 bits per heavy atom. The molecule has 1 saturated heterocycles. The molecule has 0 amide bonds. The van der Waals surface area contributed by atoms with Crippen molar-refractivity contribution in [2.24, 2.45) is 0 Å². The lowest BCUT2D eigenvalue weighted by Gasteiger charge is -2.28. The molecule has 1 fully saturated rings. The van der Waals surface area contributed by atoms with Crippen molar-refractivity contribution in [2.45, 2.75) is 12.5 Å². The number of hydrogen-bond donors (Lipinski definition) is 4. The maximum Gasteiger partial charge on any atom is 0.231 e. The summed E-state index contributed by atoms with van der Waals surface area (Å²) in [5.41, 5.74) is 7.74. The average Bonchev–Trinajstić information content (AvgIpc) is 3.61. The molecule has 5 heterocycles. The Morgan fingerprint density at radius 2 is 1.78 bits per heavy atom. The second-order valence-electron chi connectivity index (χ2n) is 10.5. The molecule has 41 heavy (non-hydrogen) atoms. The molecule has 0 spiro atoms. The summed E-state index contributed by atoms with van der Waals surface area (Å²) in [7, 11) is -0.713. The molecule has 12 nitrogen and oxygen atoms in total. The monoisotopic (exact) mass is 571 g/mol. The minimum Gasteiger partial charge on any atom is -0.486 e. The number of aromatic nitrogens is 5. The number of benzene rings is 2. The fraction of sp³-hybridized carbons (Fsp3) is 0.286. The molecule has 2 aromatic carbocycles. The van der Waals surface area contributed by atoms with Crippen LogP contribution in [0.2, 0.25) is 0 Å². The van der Waals surface area contributed by atoms with Gasteiger partial charge in [0.05, 0.1) is 33.6 Å². The number of ether oxygens (including phenoxy) is 2. The number of nitrogens with one attached hydrogen (secondary N) is 4. The predicted molar refractivity (Wildman–Crippen MR) is 160 cm³/mol. The van der Waals surface area contributed by atoms with E-state index in [4.69, 9.17) is 19.4 Å². The van der Waals surface area contributed by atoms with Gasteiger partial charge in [0.1, 0.15) is 37.3 Å². The third-order valence-corrected chi connectivity index (χ3v) is 8.92. The molecule has 3 aromatic heterocycles. The van der Waals surface area contributed by atoms with E-state index >= 15 is 0 Å². The number of fused-ring (bicyclic) bond motifs is 3. The molecule has 2 aliphatic rings. The van der Waals surface area contributed by atoms with Crippen LogP contribution in [0, 0.1) is 0 Å². The van der Waals surface area contributed by atoms with Crippen molar-refractivity contribution in [2.75, 3.05) is 50.8 Å². The van der Waals surface area contributed by atoms with Gasteiger partial charge in [0.15, 0.2) is 11.5 Å². The summed E-state index contributed by atoms with van der Waals surface area (Å²) < 4.78 is 25.7. The van der Waals surface area contributed by atoms with Crippen LogP contribution in [0.1, 0.15) is 18.0 Å². The Labute approximate surface area is 236 Å². The summed E-state index contributed by atoms with van der Waals surface area (Å²) in [6, 6.07) is 9.87. The maximum atomic E-state index is 13.5. The largest absolute Gasteiger partial charge is 0.486 e. The summed E-state index contributed by atoms with van der Waals surface area (Å²) in [4.78, 5) is 21.6. The molecule has 2 aliphatic heterocycles. The van der Waals surface area contributed by atoms with E-state index in [9.17, 15) is 4.57 Å². The Balaban J connectivity index is 1.29. The molecular formula is C28H30N9O3P. The summed E-state index contributed by atoms with van der Waals surface area (Å²) in [6.07, 6.45) is 6.03. The van der Waals surface area contributed by atoms with E-state index in [1.54, 1.807) is 25.7 Å². The molecule has 7 rings (SSSR count). The van der Waals surface area contributed by atoms with Gasteiger partial charge in [-0.2, -0.15) is 9.97 Å². The van der Waals surface area contributed by atoms with Crippen molar-refractivity contribution >= 4 is 57.7 Å². The molecule has 210 valence electrons. The Hall–Kier alpha value is -4.25. The molecule has 0 aliphatic carbocycles. The van der Waals surface area contributed by atoms with Crippen LogP contribution < -0.4 is 30.8 Å². The summed E-state index contributed by atoms with van der Waals surface area (Å²) in [6.45, 7) is 5.32. The second kappa shape index (κ2) is 9.99. The lowest BCUT2D eigenvalue weighted by atomic mass is 10.0. The van der Waals surface area contributed by atoms with Gasteiger partial charge in [-0.1, -0.05) is 6.07 Å². The van der Waals surface area contributed by atoms with Crippen LogP contribution >= 0.6 is 7.14 Å². The highest BCUT2D eigenvalue weighted by molar-refractivity contribution is 7.71. The van der Waals surface area contributed by atoms with E-state index in [2.05, 4.69) is 42.1 Å². The van der Waals surface area contributed by atoms with Gasteiger partial charge >= 0.3 is 0 Å². The molecular weight excluding hydrogens is 541 g/mol. The van der Waals surface area contributed by atoms with E-state index in [-0.39, 0.29) is 6.04 Å². The molecule has 5 aromatic rings. The quantitative estimate of drug-likeness (QED) is 0.217. The number of nitrogens with zero attached hydrogens (tertiary/aromatic N) is 5. The SMILES string of the molecule is CN1NCCC1c1ccc(Nc2nc(Nc3ccc4nccnc4c3P(C)(C)=O)c3cc[nH]c3n2)c2c1OCCO2. The second-order valence-corrected chi connectivity index (χ2v) is 13.7. The number of H-pyrrole nitrogens is 1. The van der Waals surface area contributed by atoms with Gasteiger partial charge in [0.25, 0.3) is 0 Å². The van der Waals surface area contributed by atoms with Crippen molar-refractivity contribution in [3.05, 3.63) is 54.5 Å².